The molecule has 194 valence electrons. The van der Waals surface area contributed by atoms with E-state index in [1.54, 1.807) is 0 Å². The summed E-state index contributed by atoms with van der Waals surface area (Å²) in [6, 6.07) is 0. The van der Waals surface area contributed by atoms with Crippen molar-refractivity contribution in [1.29, 1.82) is 0 Å². The van der Waals surface area contributed by atoms with Gasteiger partial charge in [0.2, 0.25) is 23.6 Å². The van der Waals surface area contributed by atoms with E-state index in [2.05, 4.69) is 0 Å². The molecule has 0 aromatic heterocycles. The van der Waals surface area contributed by atoms with Gasteiger partial charge in [0.1, 0.15) is 0 Å². The molecule has 6 heteroatoms. The summed E-state index contributed by atoms with van der Waals surface area (Å²) in [6.07, 6.45) is 0.734. The van der Waals surface area contributed by atoms with Crippen molar-refractivity contribution >= 4 is 23.6 Å². The van der Waals surface area contributed by atoms with Gasteiger partial charge in [-0.2, -0.15) is 0 Å². The molecule has 4 amide bonds. The normalized spacial score (nSPS) is 22.1. The molecule has 33 heavy (non-hydrogen) atoms. The summed E-state index contributed by atoms with van der Waals surface area (Å²) in [5.41, 5.74) is -0.682. The van der Waals surface area contributed by atoms with E-state index in [1.165, 1.54) is 9.80 Å². The predicted octanol–water partition coefficient (Wildman–Crippen LogP) is 5.93. The lowest BCUT2D eigenvalue weighted by atomic mass is 9.80. The zero-order valence-corrected chi connectivity index (χ0v) is 21.8. The molecule has 2 atom stereocenters. The van der Waals surface area contributed by atoms with Crippen LogP contribution in [0.2, 0.25) is 0 Å². The number of likely N-dealkylation sites (tertiary alicyclic amines) is 2. The quantitative estimate of drug-likeness (QED) is 0.447. The summed E-state index contributed by atoms with van der Waals surface area (Å²) in [7, 11) is 0. The number of nitrogens with zero attached hydrogens (tertiary/aromatic N) is 2. The number of hydrogen-bond acceptors (Lipinski definition) is 4. The van der Waals surface area contributed by atoms with Crippen LogP contribution in [0.1, 0.15) is 111 Å². The van der Waals surface area contributed by atoms with E-state index < -0.39 is 5.54 Å². The molecule has 2 saturated heterocycles. The number of carbonyl (C=O) groups is 4. The van der Waals surface area contributed by atoms with E-state index in [9.17, 15) is 19.2 Å². The Morgan fingerprint density at radius 3 is 1.24 bits per heavy atom. The molecule has 0 aromatic rings. The lowest BCUT2D eigenvalue weighted by molar-refractivity contribution is -0.146. The van der Waals surface area contributed by atoms with Crippen LogP contribution in [0.25, 0.3) is 0 Å². The van der Waals surface area contributed by atoms with Crippen LogP contribution < -0.4 is 0 Å². The molecule has 0 aromatic carbocycles. The van der Waals surface area contributed by atoms with Gasteiger partial charge in [-0.15, -0.1) is 0 Å². The van der Waals surface area contributed by atoms with Gasteiger partial charge < -0.3 is 0 Å². The van der Waals surface area contributed by atoms with E-state index in [-0.39, 0.29) is 66.6 Å². The lowest BCUT2D eigenvalue weighted by Crippen LogP contribution is -2.46. The predicted molar refractivity (Wildman–Crippen MR) is 136 cm³/mol. The van der Waals surface area contributed by atoms with Crippen molar-refractivity contribution in [1.82, 2.24) is 9.80 Å². The van der Waals surface area contributed by atoms with Gasteiger partial charge in [0.15, 0.2) is 0 Å². The molecule has 0 radical (unpaired) electrons. The third-order valence-electron chi connectivity index (χ3n) is 5.78. The Kier molecular flexibility index (Phi) is 10.8. The van der Waals surface area contributed by atoms with Crippen LogP contribution in [-0.4, -0.2) is 45.5 Å². The van der Waals surface area contributed by atoms with Crippen molar-refractivity contribution in [2.45, 2.75) is 116 Å². The first-order valence-corrected chi connectivity index (χ1v) is 11.3. The van der Waals surface area contributed by atoms with E-state index in [0.29, 0.717) is 19.4 Å². The number of imide groups is 2. The maximum absolute atomic E-state index is 12.1. The van der Waals surface area contributed by atoms with Crippen LogP contribution in [0.5, 0.6) is 0 Å². The Balaban J connectivity index is 0. The van der Waals surface area contributed by atoms with Gasteiger partial charge in [0, 0.05) is 24.9 Å². The first-order valence-electron chi connectivity index (χ1n) is 11.3. The third-order valence-corrected chi connectivity index (χ3v) is 5.78. The Morgan fingerprint density at radius 1 is 0.636 bits per heavy atom. The largest absolute Gasteiger partial charge is 0.282 e. The van der Waals surface area contributed by atoms with Gasteiger partial charge in [-0.25, -0.2) is 0 Å². The minimum atomic E-state index is -0.395. The van der Waals surface area contributed by atoms with Crippen molar-refractivity contribution in [2.24, 2.45) is 28.1 Å². The summed E-state index contributed by atoms with van der Waals surface area (Å²) >= 11 is 0. The van der Waals surface area contributed by atoms with Crippen molar-refractivity contribution < 1.29 is 19.2 Å². The zero-order chi connectivity index (χ0) is 24.7. The Hall–Kier alpha value is -1.72. The smallest absolute Gasteiger partial charge is 0.233 e. The highest BCUT2D eigenvalue weighted by Crippen LogP contribution is 2.38. The molecule has 2 rings (SSSR count). The highest BCUT2D eigenvalue weighted by molar-refractivity contribution is 6.05. The fourth-order valence-electron chi connectivity index (χ4n) is 4.01. The first-order chi connectivity index (χ1) is 13.6. The van der Waals surface area contributed by atoms with E-state index in [0.717, 1.165) is 0 Å². The van der Waals surface area contributed by atoms with Gasteiger partial charge in [-0.05, 0) is 37.0 Å². The Morgan fingerprint density at radius 2 is 1.00 bits per heavy atom. The third kappa shape index (κ3) is 8.53. The van der Waals surface area contributed by atoms with Gasteiger partial charge in [0.25, 0.3) is 0 Å². The number of hydrogen-bond donors (Lipinski definition) is 0. The lowest BCUT2D eigenvalue weighted by Gasteiger charge is -2.32. The summed E-state index contributed by atoms with van der Waals surface area (Å²) in [5, 5.41) is 0. The molecular formula is C27H52N2O4. The number of amides is 4. The minimum Gasteiger partial charge on any atom is -0.282 e. The van der Waals surface area contributed by atoms with Crippen LogP contribution in [0.4, 0.5) is 0 Å². The van der Waals surface area contributed by atoms with Gasteiger partial charge in [0.05, 0.1) is 11.8 Å². The van der Waals surface area contributed by atoms with Crippen molar-refractivity contribution in [3.05, 3.63) is 0 Å². The van der Waals surface area contributed by atoms with Crippen molar-refractivity contribution in [2.75, 3.05) is 6.54 Å². The Bertz CT molecular complexity index is 727. The van der Waals surface area contributed by atoms with Crippen LogP contribution in [0.15, 0.2) is 0 Å². The average molecular weight is 469 g/mol. The molecule has 2 heterocycles. The van der Waals surface area contributed by atoms with Gasteiger partial charge in [-0.1, -0.05) is 77.2 Å². The van der Waals surface area contributed by atoms with Gasteiger partial charge in [-0.3, -0.25) is 29.0 Å². The van der Waals surface area contributed by atoms with E-state index in [1.807, 2.05) is 83.1 Å². The highest BCUT2D eigenvalue weighted by Gasteiger charge is 2.48. The summed E-state index contributed by atoms with van der Waals surface area (Å²) in [5.74, 6) is -0.369. The summed E-state index contributed by atoms with van der Waals surface area (Å²) < 4.78 is 0. The molecule has 0 bridgehead atoms. The summed E-state index contributed by atoms with van der Waals surface area (Å²) in [6.45, 7) is 24.4. The van der Waals surface area contributed by atoms with E-state index >= 15 is 0 Å². The van der Waals surface area contributed by atoms with Crippen LogP contribution in [0, 0.1) is 28.1 Å². The summed E-state index contributed by atoms with van der Waals surface area (Å²) in [4.78, 5) is 50.7. The maximum Gasteiger partial charge on any atom is 0.233 e. The number of carbonyl (C=O) groups excluding carboxylic acids is 4. The van der Waals surface area contributed by atoms with Crippen molar-refractivity contribution in [3.63, 3.8) is 0 Å². The number of rotatable bonds is 1. The average Bonchev–Trinajstić information content (AvgIpc) is 2.96. The second-order valence-corrected chi connectivity index (χ2v) is 13.4. The maximum atomic E-state index is 12.1. The molecule has 0 aliphatic carbocycles. The second kappa shape index (κ2) is 10.7. The molecule has 0 spiro atoms. The fourth-order valence-corrected chi connectivity index (χ4v) is 4.01. The highest BCUT2D eigenvalue weighted by atomic mass is 16.2. The SMILES string of the molecule is C.C.CC(C)(C)C1CC(=O)N(C(C)(C)C)C1=O.CC(C)(C)CN1C(=O)CC(C(C)(C)C)C1=O. The molecule has 2 unspecified atom stereocenters. The topological polar surface area (TPSA) is 74.8 Å². The standard InChI is InChI=1S/C13H23NO2.C12H21NO2.2CH4/c1-12(2,3)8-14-10(15)7-9(11(14)16)13(4,5)6;1-11(2,3)8-7-9(14)13(10(8)15)12(4,5)6;;/h9H,7-8H2,1-6H3;8H,7H2,1-6H3;2*1H4. The molecule has 6 nitrogen and oxygen atoms in total. The molecule has 2 fully saturated rings. The second-order valence-electron chi connectivity index (χ2n) is 13.4. The van der Waals surface area contributed by atoms with Crippen LogP contribution in [-0.2, 0) is 19.2 Å². The monoisotopic (exact) mass is 468 g/mol. The van der Waals surface area contributed by atoms with Crippen LogP contribution in [0.3, 0.4) is 0 Å². The fraction of sp³-hybridized carbons (Fsp3) is 0.852. The molecule has 2 aliphatic rings. The van der Waals surface area contributed by atoms with Gasteiger partial charge >= 0.3 is 0 Å². The first kappa shape index (κ1) is 33.5. The van der Waals surface area contributed by atoms with Crippen LogP contribution >= 0.6 is 0 Å². The molecule has 0 N–H and O–H groups in total. The molecule has 2 aliphatic heterocycles. The van der Waals surface area contributed by atoms with Crippen molar-refractivity contribution in [3.8, 4) is 0 Å². The molecular weight excluding hydrogens is 416 g/mol. The zero-order valence-electron chi connectivity index (χ0n) is 21.8. The molecule has 0 saturated carbocycles. The Labute approximate surface area is 203 Å². The minimum absolute atomic E-state index is 0. The van der Waals surface area contributed by atoms with E-state index in [4.69, 9.17) is 0 Å².